The Morgan fingerprint density at radius 3 is 2.50 bits per heavy atom. The highest BCUT2D eigenvalue weighted by atomic mass is 32.2. The predicted octanol–water partition coefficient (Wildman–Crippen LogP) is 3.60. The number of nitrogens with one attached hydrogen (secondary N) is 1. The van der Waals surface area contributed by atoms with Crippen LogP contribution in [-0.4, -0.2) is 22.0 Å². The number of nitrogens with zero attached hydrogens (tertiary/aromatic N) is 2. The van der Waals surface area contributed by atoms with Crippen LogP contribution in [0, 0.1) is 6.92 Å². The minimum Gasteiger partial charge on any atom is -0.416 e. The standard InChI is InChI=1S/C15H21N3OS/c1-4-13(20-15-18-17-11(3)19-15)14(16-5-2)12-9-7-6-8-10-12/h6-10,13-14,16H,4-5H2,1-3H3. The molecule has 0 saturated carbocycles. The molecule has 0 fully saturated rings. The van der Waals surface area contributed by atoms with Crippen LogP contribution >= 0.6 is 11.8 Å². The zero-order valence-corrected chi connectivity index (χ0v) is 13.0. The van der Waals surface area contributed by atoms with Crippen molar-refractivity contribution in [2.24, 2.45) is 0 Å². The minimum absolute atomic E-state index is 0.281. The Labute approximate surface area is 124 Å². The lowest BCUT2D eigenvalue weighted by Crippen LogP contribution is -2.29. The quantitative estimate of drug-likeness (QED) is 0.790. The zero-order chi connectivity index (χ0) is 14.4. The molecule has 2 unspecified atom stereocenters. The van der Waals surface area contributed by atoms with Crippen molar-refractivity contribution in [3.63, 3.8) is 0 Å². The molecule has 108 valence electrons. The molecule has 2 rings (SSSR count). The lowest BCUT2D eigenvalue weighted by Gasteiger charge is -2.25. The third-order valence-electron chi connectivity index (χ3n) is 3.12. The first-order valence-corrected chi connectivity index (χ1v) is 7.87. The maximum atomic E-state index is 5.49. The molecule has 0 bridgehead atoms. The first kappa shape index (κ1) is 15.1. The highest BCUT2D eigenvalue weighted by Gasteiger charge is 2.24. The Balaban J connectivity index is 2.17. The van der Waals surface area contributed by atoms with E-state index in [1.807, 2.05) is 13.0 Å². The van der Waals surface area contributed by atoms with Crippen LogP contribution < -0.4 is 5.32 Å². The maximum Gasteiger partial charge on any atom is 0.276 e. The summed E-state index contributed by atoms with van der Waals surface area (Å²) in [4.78, 5) is 0. The van der Waals surface area contributed by atoms with Crippen LogP contribution in [0.3, 0.4) is 0 Å². The van der Waals surface area contributed by atoms with Gasteiger partial charge >= 0.3 is 0 Å². The van der Waals surface area contributed by atoms with Gasteiger partial charge in [0.05, 0.1) is 0 Å². The monoisotopic (exact) mass is 291 g/mol. The lowest BCUT2D eigenvalue weighted by atomic mass is 10.0. The Bertz CT molecular complexity index is 515. The number of benzene rings is 1. The van der Waals surface area contributed by atoms with Gasteiger partial charge in [-0.1, -0.05) is 55.9 Å². The molecule has 0 aliphatic heterocycles. The summed E-state index contributed by atoms with van der Waals surface area (Å²) in [6.07, 6.45) is 1.03. The highest BCUT2D eigenvalue weighted by Crippen LogP contribution is 2.33. The van der Waals surface area contributed by atoms with Gasteiger partial charge in [0, 0.05) is 18.2 Å². The smallest absolute Gasteiger partial charge is 0.276 e. The molecule has 1 aromatic heterocycles. The van der Waals surface area contributed by atoms with Crippen molar-refractivity contribution in [1.82, 2.24) is 15.5 Å². The Morgan fingerprint density at radius 2 is 1.95 bits per heavy atom. The van der Waals surface area contributed by atoms with Crippen molar-refractivity contribution in [1.29, 1.82) is 0 Å². The van der Waals surface area contributed by atoms with E-state index in [0.29, 0.717) is 16.4 Å². The summed E-state index contributed by atoms with van der Waals surface area (Å²) >= 11 is 1.65. The van der Waals surface area contributed by atoms with Crippen molar-refractivity contribution in [3.05, 3.63) is 41.8 Å². The van der Waals surface area contributed by atoms with E-state index in [1.165, 1.54) is 5.56 Å². The molecule has 1 heterocycles. The molecule has 0 aliphatic rings. The van der Waals surface area contributed by atoms with Gasteiger partial charge in [0.1, 0.15) is 0 Å². The number of rotatable bonds is 7. The lowest BCUT2D eigenvalue weighted by molar-refractivity contribution is 0.425. The fourth-order valence-electron chi connectivity index (χ4n) is 2.19. The molecule has 0 aliphatic carbocycles. The summed E-state index contributed by atoms with van der Waals surface area (Å²) in [5, 5.41) is 12.6. The van der Waals surface area contributed by atoms with Crippen molar-refractivity contribution in [2.75, 3.05) is 6.54 Å². The maximum absolute atomic E-state index is 5.49. The first-order valence-electron chi connectivity index (χ1n) is 6.99. The van der Waals surface area contributed by atoms with Gasteiger partial charge in [0.15, 0.2) is 0 Å². The van der Waals surface area contributed by atoms with Crippen molar-refractivity contribution in [2.45, 2.75) is 43.7 Å². The van der Waals surface area contributed by atoms with E-state index in [2.05, 4.69) is 53.6 Å². The van der Waals surface area contributed by atoms with Crippen LogP contribution in [0.4, 0.5) is 0 Å². The summed E-state index contributed by atoms with van der Waals surface area (Å²) in [6, 6.07) is 10.8. The van der Waals surface area contributed by atoms with Crippen LogP contribution in [0.15, 0.2) is 40.0 Å². The van der Waals surface area contributed by atoms with Gasteiger partial charge < -0.3 is 9.73 Å². The number of aromatic nitrogens is 2. The molecule has 0 amide bonds. The summed E-state index contributed by atoms with van der Waals surface area (Å²) < 4.78 is 5.49. The largest absolute Gasteiger partial charge is 0.416 e. The van der Waals surface area contributed by atoms with Gasteiger partial charge in [-0.05, 0) is 18.5 Å². The van der Waals surface area contributed by atoms with E-state index in [-0.39, 0.29) is 6.04 Å². The van der Waals surface area contributed by atoms with Crippen molar-refractivity contribution in [3.8, 4) is 0 Å². The molecular formula is C15H21N3OS. The average Bonchev–Trinajstić information content (AvgIpc) is 2.89. The van der Waals surface area contributed by atoms with E-state index < -0.39 is 0 Å². The second-order valence-corrected chi connectivity index (χ2v) is 5.79. The Kier molecular flexibility index (Phi) is 5.61. The summed E-state index contributed by atoms with van der Waals surface area (Å²) in [7, 11) is 0. The summed E-state index contributed by atoms with van der Waals surface area (Å²) in [5.41, 5.74) is 1.30. The van der Waals surface area contributed by atoms with Gasteiger partial charge in [0.2, 0.25) is 5.89 Å². The molecule has 0 spiro atoms. The molecule has 1 N–H and O–H groups in total. The SMILES string of the molecule is CCNC(c1ccccc1)C(CC)Sc1nnc(C)o1. The van der Waals surface area contributed by atoms with Gasteiger partial charge in [-0.2, -0.15) is 0 Å². The minimum atomic E-state index is 0.281. The average molecular weight is 291 g/mol. The van der Waals surface area contributed by atoms with E-state index in [9.17, 15) is 0 Å². The topological polar surface area (TPSA) is 51.0 Å². The van der Waals surface area contributed by atoms with E-state index in [0.717, 1.165) is 13.0 Å². The predicted molar refractivity (Wildman–Crippen MR) is 81.8 cm³/mol. The van der Waals surface area contributed by atoms with Gasteiger partial charge in [-0.3, -0.25) is 0 Å². The van der Waals surface area contributed by atoms with Gasteiger partial charge in [-0.25, -0.2) is 0 Å². The van der Waals surface area contributed by atoms with E-state index in [4.69, 9.17) is 4.42 Å². The van der Waals surface area contributed by atoms with Crippen molar-refractivity contribution < 1.29 is 4.42 Å². The second-order valence-electron chi connectivity index (χ2n) is 4.60. The molecule has 5 heteroatoms. The fraction of sp³-hybridized carbons (Fsp3) is 0.467. The number of hydrogen-bond donors (Lipinski definition) is 1. The molecule has 2 aromatic rings. The number of aryl methyl sites for hydroxylation is 1. The molecule has 4 nitrogen and oxygen atoms in total. The van der Waals surface area contributed by atoms with Crippen LogP contribution in [0.2, 0.25) is 0 Å². The molecule has 2 atom stereocenters. The Hall–Kier alpha value is -1.33. The van der Waals surface area contributed by atoms with Crippen LogP contribution in [-0.2, 0) is 0 Å². The van der Waals surface area contributed by atoms with Crippen LogP contribution in [0.5, 0.6) is 0 Å². The molecular weight excluding hydrogens is 270 g/mol. The fourth-order valence-corrected chi connectivity index (χ4v) is 3.26. The number of hydrogen-bond acceptors (Lipinski definition) is 5. The van der Waals surface area contributed by atoms with Crippen molar-refractivity contribution >= 4 is 11.8 Å². The third kappa shape index (κ3) is 3.84. The van der Waals surface area contributed by atoms with Crippen LogP contribution in [0.25, 0.3) is 0 Å². The zero-order valence-electron chi connectivity index (χ0n) is 12.2. The van der Waals surface area contributed by atoms with E-state index in [1.54, 1.807) is 11.8 Å². The number of thioether (sulfide) groups is 1. The van der Waals surface area contributed by atoms with Gasteiger partial charge in [0.25, 0.3) is 5.22 Å². The summed E-state index contributed by atoms with van der Waals surface area (Å²) in [5.74, 6) is 0.613. The highest BCUT2D eigenvalue weighted by molar-refractivity contribution is 7.99. The second kappa shape index (κ2) is 7.45. The normalized spacial score (nSPS) is 14.2. The Morgan fingerprint density at radius 1 is 1.20 bits per heavy atom. The van der Waals surface area contributed by atoms with Gasteiger partial charge in [-0.15, -0.1) is 10.2 Å². The third-order valence-corrected chi connectivity index (χ3v) is 4.39. The molecule has 20 heavy (non-hydrogen) atoms. The van der Waals surface area contributed by atoms with Crippen LogP contribution in [0.1, 0.15) is 37.8 Å². The van der Waals surface area contributed by atoms with E-state index >= 15 is 0 Å². The summed E-state index contributed by atoms with van der Waals surface area (Å²) in [6.45, 7) is 7.06. The molecule has 1 aromatic carbocycles. The molecule has 0 radical (unpaired) electrons. The first-order chi connectivity index (χ1) is 9.74. The molecule has 0 saturated heterocycles.